The minimum absolute atomic E-state index is 0.751. The third-order valence-corrected chi connectivity index (χ3v) is 5.07. The van der Waals surface area contributed by atoms with Crippen LogP contribution in [0.15, 0.2) is 0 Å². The maximum Gasteiger partial charge on any atom is 0.0594 e. The molecule has 2 heterocycles. The first-order valence-corrected chi connectivity index (χ1v) is 11.1. The van der Waals surface area contributed by atoms with E-state index in [-0.39, 0.29) is 0 Å². The van der Waals surface area contributed by atoms with Gasteiger partial charge in [0, 0.05) is 65.6 Å². The Morgan fingerprint density at radius 3 is 1.25 bits per heavy atom. The van der Waals surface area contributed by atoms with Crippen molar-refractivity contribution in [2.45, 2.75) is 12.8 Å². The SMILES string of the molecule is C1CNCCCOCCN2CCOCCNCCOCCN(CCOC1)CC2. The molecule has 0 aliphatic carbocycles. The molecule has 8 heteroatoms. The zero-order chi connectivity index (χ0) is 19.5. The van der Waals surface area contributed by atoms with E-state index in [0.717, 1.165) is 131 Å². The van der Waals surface area contributed by atoms with Crippen molar-refractivity contribution in [3.8, 4) is 0 Å². The predicted octanol–water partition coefficient (Wildman–Crippen LogP) is -0.357. The highest BCUT2D eigenvalue weighted by molar-refractivity contribution is 4.65. The van der Waals surface area contributed by atoms with Gasteiger partial charge in [-0.25, -0.2) is 0 Å². The van der Waals surface area contributed by atoms with Crippen LogP contribution in [0.3, 0.4) is 0 Å². The van der Waals surface area contributed by atoms with Crippen LogP contribution >= 0.6 is 0 Å². The van der Waals surface area contributed by atoms with Crippen LogP contribution in [0.4, 0.5) is 0 Å². The van der Waals surface area contributed by atoms with Crippen molar-refractivity contribution in [1.29, 1.82) is 0 Å². The molecule has 0 radical (unpaired) electrons. The summed E-state index contributed by atoms with van der Waals surface area (Å²) in [7, 11) is 0. The van der Waals surface area contributed by atoms with Crippen LogP contribution in [-0.4, -0.2) is 128 Å². The number of hydrogen-bond donors (Lipinski definition) is 2. The van der Waals surface area contributed by atoms with E-state index in [2.05, 4.69) is 20.4 Å². The van der Waals surface area contributed by atoms with E-state index >= 15 is 0 Å². The summed E-state index contributed by atoms with van der Waals surface area (Å²) < 4.78 is 23.3. The van der Waals surface area contributed by atoms with Crippen molar-refractivity contribution in [1.82, 2.24) is 20.4 Å². The van der Waals surface area contributed by atoms with Crippen LogP contribution in [0.1, 0.15) is 12.8 Å². The van der Waals surface area contributed by atoms with Crippen molar-refractivity contribution in [2.75, 3.05) is 118 Å². The normalized spacial score (nSPS) is 30.0. The summed E-state index contributed by atoms with van der Waals surface area (Å²) >= 11 is 0. The fourth-order valence-electron chi connectivity index (χ4n) is 3.27. The maximum atomic E-state index is 5.84. The van der Waals surface area contributed by atoms with E-state index in [4.69, 9.17) is 18.9 Å². The molecule has 2 bridgehead atoms. The number of nitrogens with one attached hydrogen (secondary N) is 2. The molecule has 2 fully saturated rings. The first-order chi connectivity index (χ1) is 13.9. The minimum Gasteiger partial charge on any atom is -0.380 e. The van der Waals surface area contributed by atoms with Gasteiger partial charge in [0.05, 0.1) is 39.6 Å². The molecule has 0 spiro atoms. The van der Waals surface area contributed by atoms with Gasteiger partial charge in [0.15, 0.2) is 0 Å². The second kappa shape index (κ2) is 17.5. The monoisotopic (exact) mass is 402 g/mol. The van der Waals surface area contributed by atoms with Crippen molar-refractivity contribution in [2.24, 2.45) is 0 Å². The van der Waals surface area contributed by atoms with Gasteiger partial charge in [-0.05, 0) is 25.9 Å². The highest BCUT2D eigenvalue weighted by Gasteiger charge is 2.11. The lowest BCUT2D eigenvalue weighted by molar-refractivity contribution is 0.0591. The van der Waals surface area contributed by atoms with Crippen LogP contribution in [0.25, 0.3) is 0 Å². The Kier molecular flexibility index (Phi) is 15.0. The van der Waals surface area contributed by atoms with Gasteiger partial charge in [-0.1, -0.05) is 0 Å². The molecule has 0 aromatic rings. The summed E-state index contributed by atoms with van der Waals surface area (Å²) in [4.78, 5) is 4.91. The molecule has 166 valence electrons. The van der Waals surface area contributed by atoms with Gasteiger partial charge >= 0.3 is 0 Å². The second-order valence-corrected chi connectivity index (χ2v) is 7.34. The van der Waals surface area contributed by atoms with Gasteiger partial charge in [-0.3, -0.25) is 9.80 Å². The number of rotatable bonds is 0. The van der Waals surface area contributed by atoms with Crippen molar-refractivity contribution in [3.63, 3.8) is 0 Å². The van der Waals surface area contributed by atoms with E-state index in [1.165, 1.54) is 0 Å². The third-order valence-electron chi connectivity index (χ3n) is 5.07. The zero-order valence-electron chi connectivity index (χ0n) is 17.7. The van der Waals surface area contributed by atoms with E-state index in [9.17, 15) is 0 Å². The molecule has 2 N–H and O–H groups in total. The fourth-order valence-corrected chi connectivity index (χ4v) is 3.27. The lowest BCUT2D eigenvalue weighted by atomic mass is 10.4. The minimum atomic E-state index is 0.751. The zero-order valence-corrected chi connectivity index (χ0v) is 17.7. The van der Waals surface area contributed by atoms with Gasteiger partial charge in [-0.2, -0.15) is 0 Å². The fraction of sp³-hybridized carbons (Fsp3) is 1.00. The van der Waals surface area contributed by atoms with E-state index in [1.807, 2.05) is 0 Å². The molecule has 2 unspecified atom stereocenters. The standard InChI is InChI=1S/C20H42N4O4/c1-3-21-4-2-14-26-18-10-24-8-7-23(9-17-25-13-1)11-19-27-15-5-22-6-16-28-20-12-24/h21-22H,1-20H2. The summed E-state index contributed by atoms with van der Waals surface area (Å²) in [5.41, 5.74) is 0. The third kappa shape index (κ3) is 13.0. The molecule has 2 aliphatic heterocycles. The van der Waals surface area contributed by atoms with Gasteiger partial charge in [0.2, 0.25) is 0 Å². The van der Waals surface area contributed by atoms with Crippen LogP contribution in [0.2, 0.25) is 0 Å². The summed E-state index contributed by atoms with van der Waals surface area (Å²) in [5.74, 6) is 0. The van der Waals surface area contributed by atoms with Crippen molar-refractivity contribution < 1.29 is 18.9 Å². The van der Waals surface area contributed by atoms with E-state index in [0.29, 0.717) is 0 Å². The largest absolute Gasteiger partial charge is 0.380 e. The smallest absolute Gasteiger partial charge is 0.0594 e. The lowest BCUT2D eigenvalue weighted by Crippen LogP contribution is -2.41. The Morgan fingerprint density at radius 1 is 0.393 bits per heavy atom. The Morgan fingerprint density at radius 2 is 0.786 bits per heavy atom. The van der Waals surface area contributed by atoms with E-state index < -0.39 is 0 Å². The topological polar surface area (TPSA) is 67.5 Å². The summed E-state index contributed by atoms with van der Waals surface area (Å²) in [6.45, 7) is 15.9. The van der Waals surface area contributed by atoms with Gasteiger partial charge in [0.1, 0.15) is 0 Å². The number of ether oxygens (including phenoxy) is 4. The van der Waals surface area contributed by atoms with E-state index in [1.54, 1.807) is 0 Å². The number of fused-ring (bicyclic) bond motifs is 3. The summed E-state index contributed by atoms with van der Waals surface area (Å²) in [5, 5.41) is 6.82. The average Bonchev–Trinajstić information content (AvgIpc) is 2.71. The molecule has 2 aliphatic rings. The van der Waals surface area contributed by atoms with Gasteiger partial charge < -0.3 is 29.6 Å². The first-order valence-electron chi connectivity index (χ1n) is 11.1. The maximum absolute atomic E-state index is 5.84. The first kappa shape index (κ1) is 24.0. The molecular formula is C20H42N4O4. The highest BCUT2D eigenvalue weighted by Crippen LogP contribution is 1.97. The molecule has 0 aromatic heterocycles. The quantitative estimate of drug-likeness (QED) is 0.570. The van der Waals surface area contributed by atoms with Crippen molar-refractivity contribution >= 4 is 0 Å². The molecule has 2 saturated heterocycles. The molecule has 0 amide bonds. The Labute approximate surface area is 171 Å². The average molecular weight is 403 g/mol. The summed E-state index contributed by atoms with van der Waals surface area (Å²) in [6.07, 6.45) is 2.12. The van der Waals surface area contributed by atoms with Crippen LogP contribution in [0.5, 0.6) is 0 Å². The van der Waals surface area contributed by atoms with Gasteiger partial charge in [-0.15, -0.1) is 0 Å². The molecule has 28 heavy (non-hydrogen) atoms. The molecule has 8 nitrogen and oxygen atoms in total. The van der Waals surface area contributed by atoms with Crippen LogP contribution < -0.4 is 10.6 Å². The number of nitrogens with zero attached hydrogens (tertiary/aromatic N) is 2. The van der Waals surface area contributed by atoms with Crippen LogP contribution in [-0.2, 0) is 18.9 Å². The molecule has 0 saturated carbocycles. The van der Waals surface area contributed by atoms with Crippen molar-refractivity contribution in [3.05, 3.63) is 0 Å². The van der Waals surface area contributed by atoms with Crippen LogP contribution in [0, 0.1) is 0 Å². The Balaban J connectivity index is 1.84. The Hall–Kier alpha value is -0.320. The lowest BCUT2D eigenvalue weighted by Gasteiger charge is -2.27. The number of hydrogen-bond acceptors (Lipinski definition) is 8. The second-order valence-electron chi connectivity index (χ2n) is 7.34. The summed E-state index contributed by atoms with van der Waals surface area (Å²) in [6, 6.07) is 0. The molecule has 0 aromatic carbocycles. The highest BCUT2D eigenvalue weighted by atomic mass is 16.5. The predicted molar refractivity (Wildman–Crippen MR) is 111 cm³/mol. The molecule has 2 rings (SSSR count). The Bertz CT molecular complexity index is 322. The van der Waals surface area contributed by atoms with Gasteiger partial charge in [0.25, 0.3) is 0 Å². The molecule has 2 atom stereocenters. The molecular weight excluding hydrogens is 360 g/mol.